The average Bonchev–Trinajstić information content (AvgIpc) is 2.68. The van der Waals surface area contributed by atoms with Crippen molar-refractivity contribution < 1.29 is 19.1 Å². The number of allylic oxidation sites excluding steroid dienone is 1. The predicted octanol–water partition coefficient (Wildman–Crippen LogP) is 4.38. The zero-order valence-electron chi connectivity index (χ0n) is 14.8. The van der Waals surface area contributed by atoms with E-state index >= 15 is 0 Å². The maximum Gasteiger partial charge on any atom is 0.335 e. The fraction of sp³-hybridized carbons (Fsp3) is 0.182. The Morgan fingerprint density at radius 3 is 2.81 bits per heavy atom. The molecule has 0 unspecified atom stereocenters. The minimum absolute atomic E-state index is 0.0812. The van der Waals surface area contributed by atoms with Crippen LogP contribution in [0.4, 0.5) is 0 Å². The molecule has 136 valence electrons. The smallest absolute Gasteiger partial charge is 0.335 e. The number of ether oxygens (including phenoxy) is 1. The molecule has 1 aliphatic carbocycles. The number of hydrogen-bond donors (Lipinski definition) is 1. The summed E-state index contributed by atoms with van der Waals surface area (Å²) in [5.74, 6) is 0.304. The van der Waals surface area contributed by atoms with Crippen molar-refractivity contribution in [3.05, 3.63) is 75.1 Å². The first-order valence-corrected chi connectivity index (χ1v) is 8.75. The van der Waals surface area contributed by atoms with E-state index in [1.165, 1.54) is 12.1 Å². The van der Waals surface area contributed by atoms with Crippen molar-refractivity contribution >= 4 is 28.6 Å². The number of hydrogen-bond acceptors (Lipinski definition) is 4. The standard InChI is InChI=1S/C22H18O5/c1-26-16-6-2-4-13(11-16)10-14-5-3-7-17-20(23)18-12-15(22(24)25)8-9-19(18)27-21(14)17/h2,4,6,8-12H,3,5,7H2,1H3,(H,24,25)/b14-10-. The lowest BCUT2D eigenvalue weighted by Gasteiger charge is -2.18. The minimum atomic E-state index is -1.06. The summed E-state index contributed by atoms with van der Waals surface area (Å²) in [6, 6.07) is 12.1. The van der Waals surface area contributed by atoms with E-state index in [0.29, 0.717) is 28.7 Å². The topological polar surface area (TPSA) is 76.7 Å². The van der Waals surface area contributed by atoms with Gasteiger partial charge < -0.3 is 14.3 Å². The van der Waals surface area contributed by atoms with Gasteiger partial charge in [0.15, 0.2) is 5.43 Å². The van der Waals surface area contributed by atoms with E-state index in [-0.39, 0.29) is 11.0 Å². The SMILES string of the molecule is COc1cccc(/C=C2/CCCc3c2oc2ccc(C(=O)O)cc2c3=O)c1. The van der Waals surface area contributed by atoms with Crippen molar-refractivity contribution in [2.45, 2.75) is 19.3 Å². The Balaban J connectivity index is 1.88. The first-order valence-electron chi connectivity index (χ1n) is 8.75. The molecule has 2 aromatic carbocycles. The molecule has 0 saturated carbocycles. The van der Waals surface area contributed by atoms with E-state index in [2.05, 4.69) is 0 Å². The van der Waals surface area contributed by atoms with Crippen LogP contribution in [0.5, 0.6) is 5.75 Å². The fourth-order valence-electron chi connectivity index (χ4n) is 3.49. The summed E-state index contributed by atoms with van der Waals surface area (Å²) in [7, 11) is 1.62. The van der Waals surface area contributed by atoms with Gasteiger partial charge in [0, 0.05) is 5.56 Å². The highest BCUT2D eigenvalue weighted by molar-refractivity contribution is 5.93. The van der Waals surface area contributed by atoms with Crippen molar-refractivity contribution in [1.29, 1.82) is 0 Å². The van der Waals surface area contributed by atoms with Crippen molar-refractivity contribution in [2.24, 2.45) is 0 Å². The second-order valence-corrected chi connectivity index (χ2v) is 6.55. The first-order chi connectivity index (χ1) is 13.1. The highest BCUT2D eigenvalue weighted by Crippen LogP contribution is 2.33. The molecule has 0 saturated heterocycles. The van der Waals surface area contributed by atoms with E-state index < -0.39 is 5.97 Å². The van der Waals surface area contributed by atoms with Gasteiger partial charge in [-0.2, -0.15) is 0 Å². The normalized spacial score (nSPS) is 14.9. The second-order valence-electron chi connectivity index (χ2n) is 6.55. The van der Waals surface area contributed by atoms with Crippen LogP contribution < -0.4 is 10.2 Å². The molecular formula is C22H18O5. The zero-order chi connectivity index (χ0) is 19.0. The van der Waals surface area contributed by atoms with Gasteiger partial charge in [-0.05, 0) is 66.8 Å². The molecule has 1 aromatic heterocycles. The number of benzene rings is 2. The molecule has 0 aliphatic heterocycles. The van der Waals surface area contributed by atoms with Crippen molar-refractivity contribution in [1.82, 2.24) is 0 Å². The molecule has 5 nitrogen and oxygen atoms in total. The summed E-state index contributed by atoms with van der Waals surface area (Å²) in [6.07, 6.45) is 4.30. The van der Waals surface area contributed by atoms with E-state index in [1.54, 1.807) is 13.2 Å². The van der Waals surface area contributed by atoms with Crippen LogP contribution in [0.1, 0.15) is 40.1 Å². The van der Waals surface area contributed by atoms with Crippen molar-refractivity contribution in [3.8, 4) is 5.75 Å². The summed E-state index contributed by atoms with van der Waals surface area (Å²) in [5.41, 5.74) is 2.89. The minimum Gasteiger partial charge on any atom is -0.497 e. The zero-order valence-corrected chi connectivity index (χ0v) is 14.8. The number of methoxy groups -OCH3 is 1. The van der Waals surface area contributed by atoms with Gasteiger partial charge in [-0.3, -0.25) is 4.79 Å². The van der Waals surface area contributed by atoms with Gasteiger partial charge in [0.05, 0.1) is 18.1 Å². The number of carbonyl (C=O) groups is 1. The van der Waals surface area contributed by atoms with Gasteiger partial charge >= 0.3 is 5.97 Å². The largest absolute Gasteiger partial charge is 0.497 e. The summed E-state index contributed by atoms with van der Waals surface area (Å²) in [5, 5.41) is 9.49. The Hall–Kier alpha value is -3.34. The number of fused-ring (bicyclic) bond motifs is 2. The van der Waals surface area contributed by atoms with Gasteiger partial charge in [-0.15, -0.1) is 0 Å². The van der Waals surface area contributed by atoms with Gasteiger partial charge in [0.25, 0.3) is 0 Å². The molecule has 3 aromatic rings. The molecule has 0 atom stereocenters. The molecular weight excluding hydrogens is 344 g/mol. The Kier molecular flexibility index (Phi) is 4.28. The first kappa shape index (κ1) is 17.1. The molecule has 0 amide bonds. The van der Waals surface area contributed by atoms with Crippen LogP contribution in [0, 0.1) is 0 Å². The van der Waals surface area contributed by atoms with Crippen LogP contribution in [0.25, 0.3) is 22.6 Å². The molecule has 0 fully saturated rings. The van der Waals surface area contributed by atoms with Crippen LogP contribution in [-0.4, -0.2) is 18.2 Å². The van der Waals surface area contributed by atoms with Crippen molar-refractivity contribution in [3.63, 3.8) is 0 Å². The molecule has 1 heterocycles. The second kappa shape index (κ2) is 6.76. The Morgan fingerprint density at radius 2 is 2.04 bits per heavy atom. The third kappa shape index (κ3) is 3.12. The Bertz CT molecular complexity index is 1140. The number of carboxylic acids is 1. The lowest BCUT2D eigenvalue weighted by atomic mass is 9.90. The average molecular weight is 362 g/mol. The van der Waals surface area contributed by atoms with Crippen LogP contribution in [-0.2, 0) is 6.42 Å². The maximum absolute atomic E-state index is 12.9. The predicted molar refractivity (Wildman–Crippen MR) is 103 cm³/mol. The number of rotatable bonds is 3. The van der Waals surface area contributed by atoms with Crippen LogP contribution in [0.15, 0.2) is 51.7 Å². The maximum atomic E-state index is 12.9. The lowest BCUT2D eigenvalue weighted by Crippen LogP contribution is -2.16. The van der Waals surface area contributed by atoms with Crippen LogP contribution >= 0.6 is 0 Å². The molecule has 4 rings (SSSR count). The van der Waals surface area contributed by atoms with Crippen LogP contribution in [0.2, 0.25) is 0 Å². The fourth-order valence-corrected chi connectivity index (χ4v) is 3.49. The Labute approximate surface area is 155 Å². The van der Waals surface area contributed by atoms with Gasteiger partial charge in [-0.1, -0.05) is 12.1 Å². The summed E-state index contributed by atoms with van der Waals surface area (Å²) >= 11 is 0. The van der Waals surface area contributed by atoms with E-state index in [1.807, 2.05) is 30.3 Å². The quantitative estimate of drug-likeness (QED) is 0.748. The molecule has 1 aliphatic rings. The monoisotopic (exact) mass is 362 g/mol. The van der Waals surface area contributed by atoms with E-state index in [4.69, 9.17) is 9.15 Å². The molecule has 0 spiro atoms. The van der Waals surface area contributed by atoms with Crippen molar-refractivity contribution in [2.75, 3.05) is 7.11 Å². The number of aromatic carboxylic acids is 1. The van der Waals surface area contributed by atoms with E-state index in [9.17, 15) is 14.7 Å². The Morgan fingerprint density at radius 1 is 1.19 bits per heavy atom. The third-order valence-electron chi connectivity index (χ3n) is 4.83. The summed E-state index contributed by atoms with van der Waals surface area (Å²) in [6.45, 7) is 0. The highest BCUT2D eigenvalue weighted by Gasteiger charge is 2.22. The van der Waals surface area contributed by atoms with E-state index in [0.717, 1.165) is 29.7 Å². The van der Waals surface area contributed by atoms with Gasteiger partial charge in [-0.25, -0.2) is 4.79 Å². The lowest BCUT2D eigenvalue weighted by molar-refractivity contribution is 0.0697. The highest BCUT2D eigenvalue weighted by atomic mass is 16.5. The summed E-state index contributed by atoms with van der Waals surface area (Å²) < 4.78 is 11.3. The molecule has 0 radical (unpaired) electrons. The molecule has 27 heavy (non-hydrogen) atoms. The number of carboxylic acid groups (broad SMARTS) is 1. The third-order valence-corrected chi connectivity index (χ3v) is 4.83. The molecule has 0 bridgehead atoms. The van der Waals surface area contributed by atoms with Gasteiger partial charge in [0.2, 0.25) is 0 Å². The summed E-state index contributed by atoms with van der Waals surface area (Å²) in [4.78, 5) is 24.1. The molecule has 1 N–H and O–H groups in total. The molecule has 5 heteroatoms. The van der Waals surface area contributed by atoms with Gasteiger partial charge in [0.1, 0.15) is 17.1 Å². The van der Waals surface area contributed by atoms with Crippen LogP contribution in [0.3, 0.4) is 0 Å².